The van der Waals surface area contributed by atoms with Gasteiger partial charge in [-0.1, -0.05) is 0 Å². The molecule has 1 amide bonds. The first-order valence-corrected chi connectivity index (χ1v) is 12.7. The van der Waals surface area contributed by atoms with Gasteiger partial charge in [-0.15, -0.1) is 0 Å². The first-order valence-electron chi connectivity index (χ1n) is 9.67. The summed E-state index contributed by atoms with van der Waals surface area (Å²) in [6.07, 6.45) is -0.177. The number of nitrogens with two attached hydrogens (primary N) is 2. The van der Waals surface area contributed by atoms with E-state index in [1.165, 1.54) is 17.1 Å². The van der Waals surface area contributed by atoms with Gasteiger partial charge < -0.3 is 41.1 Å². The van der Waals surface area contributed by atoms with Crippen molar-refractivity contribution in [3.05, 3.63) is 42.7 Å². The van der Waals surface area contributed by atoms with Crippen molar-refractivity contribution in [2.24, 2.45) is 5.73 Å². The van der Waals surface area contributed by atoms with Gasteiger partial charge in [0.2, 0.25) is 5.91 Å². The number of amides is 1. The van der Waals surface area contributed by atoms with E-state index < -0.39 is 52.7 Å². The maximum Gasteiger partial charge on any atom is 0.481 e. The minimum Gasteiger partial charge on any atom is -0.387 e. The number of rotatable bonds is 7. The van der Waals surface area contributed by atoms with Crippen molar-refractivity contribution in [1.29, 1.82) is 0 Å². The van der Waals surface area contributed by atoms with Gasteiger partial charge in [0.25, 0.3) is 0 Å². The van der Waals surface area contributed by atoms with Crippen molar-refractivity contribution in [2.75, 3.05) is 12.3 Å². The number of primary amides is 1. The quantitative estimate of drug-likeness (QED) is 0.164. The molecule has 0 aliphatic carbocycles. The summed E-state index contributed by atoms with van der Waals surface area (Å²) in [5, 5.41) is 20.3. The van der Waals surface area contributed by atoms with Crippen LogP contribution in [0.15, 0.2) is 37.2 Å². The Morgan fingerprint density at radius 1 is 1.17 bits per heavy atom. The highest BCUT2D eigenvalue weighted by Crippen LogP contribution is 2.57. The number of carbonyl (C=O) groups excluding carboxylic acids is 1. The monoisotopic (exact) mass is 549 g/mol. The summed E-state index contributed by atoms with van der Waals surface area (Å²) >= 11 is 0. The van der Waals surface area contributed by atoms with Gasteiger partial charge >= 0.3 is 15.6 Å². The number of anilines is 1. The van der Waals surface area contributed by atoms with Gasteiger partial charge in [-0.25, -0.2) is 24.1 Å². The molecule has 3 aromatic heterocycles. The van der Waals surface area contributed by atoms with E-state index in [9.17, 15) is 29.0 Å². The number of aromatic nitrogens is 5. The number of phosphoric ester groups is 1. The molecule has 0 spiro atoms. The molecule has 3 aromatic rings. The number of hydrogen-bond acceptors (Lipinski definition) is 13. The number of ether oxygens (including phenoxy) is 1. The maximum atomic E-state index is 11.5. The number of aliphatic hydroxyl groups excluding tert-OH is 2. The van der Waals surface area contributed by atoms with Crippen LogP contribution in [0, 0.1) is 0 Å². The van der Waals surface area contributed by atoms with E-state index in [0.29, 0.717) is 5.56 Å². The molecule has 4 heterocycles. The second-order valence-electron chi connectivity index (χ2n) is 7.07. The highest BCUT2D eigenvalue weighted by Gasteiger charge is 2.46. The van der Waals surface area contributed by atoms with Crippen molar-refractivity contribution < 1.29 is 52.4 Å². The largest absolute Gasteiger partial charge is 0.481 e. The Balaban J connectivity index is 0.000000338. The number of nitrogen functional groups attached to an aromatic ring is 1. The number of pyridine rings is 1. The van der Waals surface area contributed by atoms with Crippen LogP contribution in [0.1, 0.15) is 16.6 Å². The molecule has 0 aromatic carbocycles. The van der Waals surface area contributed by atoms with Crippen LogP contribution in [-0.2, 0) is 22.7 Å². The van der Waals surface area contributed by atoms with Crippen LogP contribution in [0.2, 0.25) is 0 Å². The lowest BCUT2D eigenvalue weighted by Gasteiger charge is -2.17. The molecule has 1 saturated heterocycles. The number of fused-ring (bicyclic) bond motifs is 1. The number of imidazole rings is 1. The first kappa shape index (κ1) is 27.7. The van der Waals surface area contributed by atoms with Gasteiger partial charge in [0.15, 0.2) is 17.7 Å². The second-order valence-corrected chi connectivity index (χ2v) is 9.90. The van der Waals surface area contributed by atoms with Crippen molar-refractivity contribution in [3.8, 4) is 0 Å². The number of phosphoric acid groups is 2. The Morgan fingerprint density at radius 2 is 1.89 bits per heavy atom. The van der Waals surface area contributed by atoms with Crippen LogP contribution in [0.5, 0.6) is 0 Å². The first-order chi connectivity index (χ1) is 16.8. The summed E-state index contributed by atoms with van der Waals surface area (Å²) in [5.41, 5.74) is 11.5. The summed E-state index contributed by atoms with van der Waals surface area (Å²) < 4.78 is 36.8. The fraction of sp³-hybridized carbons (Fsp3) is 0.312. The SMILES string of the molecule is NC(=O)c1cccnc1.Nc1ncnc2c1ncn2[C@@H]1O[C@H](COP(=O)(O)OP(=O)(O)O)[C@@H](O)[C@H]1O. The molecule has 36 heavy (non-hydrogen) atoms. The molecule has 1 aliphatic heterocycles. The van der Waals surface area contributed by atoms with Gasteiger partial charge in [-0.05, 0) is 12.1 Å². The Labute approximate surface area is 201 Å². The Kier molecular flexibility index (Phi) is 8.48. The third-order valence-electron chi connectivity index (χ3n) is 4.56. The minimum atomic E-state index is -5.29. The summed E-state index contributed by atoms with van der Waals surface area (Å²) in [6, 6.07) is 3.29. The molecular weight excluding hydrogens is 528 g/mol. The molecule has 4 rings (SSSR count). The lowest BCUT2D eigenvalue weighted by atomic mass is 10.1. The molecule has 1 fully saturated rings. The zero-order valence-corrected chi connectivity index (χ0v) is 19.7. The van der Waals surface area contributed by atoms with Crippen molar-refractivity contribution in [3.63, 3.8) is 0 Å². The lowest BCUT2D eigenvalue weighted by molar-refractivity contribution is -0.0503. The van der Waals surface area contributed by atoms with Crippen LogP contribution in [0.25, 0.3) is 11.2 Å². The molecule has 1 unspecified atom stereocenters. The molecule has 0 bridgehead atoms. The van der Waals surface area contributed by atoms with E-state index in [2.05, 4.69) is 28.8 Å². The molecule has 0 saturated carbocycles. The lowest BCUT2D eigenvalue weighted by Crippen LogP contribution is -2.33. The molecule has 20 heteroatoms. The highest BCUT2D eigenvalue weighted by atomic mass is 31.3. The smallest absolute Gasteiger partial charge is 0.387 e. The van der Waals surface area contributed by atoms with Gasteiger partial charge in [0.1, 0.15) is 30.2 Å². The number of hydrogen-bond donors (Lipinski definition) is 7. The predicted octanol–water partition coefficient (Wildman–Crippen LogP) is -1.57. The van der Waals surface area contributed by atoms with E-state index in [0.717, 1.165) is 6.33 Å². The van der Waals surface area contributed by atoms with Crippen LogP contribution in [0.3, 0.4) is 0 Å². The van der Waals surface area contributed by atoms with Gasteiger partial charge in [0, 0.05) is 12.4 Å². The molecule has 5 atom stereocenters. The van der Waals surface area contributed by atoms with E-state index in [1.807, 2.05) is 0 Å². The molecule has 1 aliphatic rings. The van der Waals surface area contributed by atoms with E-state index >= 15 is 0 Å². The fourth-order valence-electron chi connectivity index (χ4n) is 2.99. The van der Waals surface area contributed by atoms with Crippen LogP contribution in [0.4, 0.5) is 5.82 Å². The van der Waals surface area contributed by atoms with Crippen molar-refractivity contribution in [2.45, 2.75) is 24.5 Å². The average Bonchev–Trinajstić information content (AvgIpc) is 3.34. The molecule has 196 valence electrons. The van der Waals surface area contributed by atoms with Crippen LogP contribution < -0.4 is 11.5 Å². The maximum absolute atomic E-state index is 11.5. The summed E-state index contributed by atoms with van der Waals surface area (Å²) in [4.78, 5) is 52.2. The van der Waals surface area contributed by atoms with Crippen LogP contribution in [-0.4, -0.2) is 80.2 Å². The third-order valence-corrected chi connectivity index (χ3v) is 6.71. The Bertz CT molecular complexity index is 1300. The fourth-order valence-corrected chi connectivity index (χ4v) is 4.59. The summed E-state index contributed by atoms with van der Waals surface area (Å²) in [7, 11) is -10.4. The highest BCUT2D eigenvalue weighted by molar-refractivity contribution is 7.60. The van der Waals surface area contributed by atoms with Gasteiger partial charge in [0.05, 0.1) is 18.5 Å². The Morgan fingerprint density at radius 3 is 2.47 bits per heavy atom. The zero-order chi connectivity index (χ0) is 26.7. The van der Waals surface area contributed by atoms with E-state index in [4.69, 9.17) is 26.0 Å². The number of carbonyl (C=O) groups is 1. The Hall–Kier alpha value is -2.89. The standard InChI is InChI=1S/C10H15N5O10P2.C6H6N2O/c11-8-5-9(13-2-12-8)15(3-14-5)10-7(17)6(16)4(24-10)1-23-27(21,22)25-26(18,19)20;7-6(9)5-2-1-3-8-4-5/h2-4,6-7,10,16-17H,1H2,(H,21,22)(H2,11,12,13)(H2,18,19,20);1-4H,(H2,7,9)/t4-,6-,7-,10-;/m1./s1. The van der Waals surface area contributed by atoms with Gasteiger partial charge in [-0.2, -0.15) is 4.31 Å². The van der Waals surface area contributed by atoms with Crippen molar-refractivity contribution >= 4 is 38.5 Å². The molecule has 18 nitrogen and oxygen atoms in total. The second kappa shape index (κ2) is 11.0. The normalized spacial score (nSPS) is 23.6. The minimum absolute atomic E-state index is 0.0856. The van der Waals surface area contributed by atoms with Crippen LogP contribution >= 0.6 is 15.6 Å². The number of nitrogens with zero attached hydrogens (tertiary/aromatic N) is 5. The predicted molar refractivity (Wildman–Crippen MR) is 117 cm³/mol. The molecular formula is C16H21N7O11P2. The summed E-state index contributed by atoms with van der Waals surface area (Å²) in [5.74, 6) is -0.356. The molecule has 0 radical (unpaired) electrons. The topological polar surface area (TPSA) is 289 Å². The zero-order valence-electron chi connectivity index (χ0n) is 18.0. The average molecular weight is 549 g/mol. The van der Waals surface area contributed by atoms with E-state index in [-0.39, 0.29) is 17.0 Å². The summed E-state index contributed by atoms with van der Waals surface area (Å²) in [6.45, 7) is -0.813. The number of aliphatic hydroxyl groups is 2. The molecule has 9 N–H and O–H groups in total. The van der Waals surface area contributed by atoms with Crippen molar-refractivity contribution in [1.82, 2.24) is 24.5 Å². The third kappa shape index (κ3) is 6.86. The van der Waals surface area contributed by atoms with E-state index in [1.54, 1.807) is 18.3 Å². The van der Waals surface area contributed by atoms with Gasteiger partial charge in [-0.3, -0.25) is 18.9 Å².